The molecule has 2 fully saturated rings. The van der Waals surface area contributed by atoms with Crippen LogP contribution in [0.1, 0.15) is 63.3 Å². The van der Waals surface area contributed by atoms with Crippen LogP contribution in [0.5, 0.6) is 6.01 Å². The van der Waals surface area contributed by atoms with Crippen molar-refractivity contribution < 1.29 is 32.2 Å². The summed E-state index contributed by atoms with van der Waals surface area (Å²) in [5.41, 5.74) is 0.629. The fourth-order valence-corrected chi connectivity index (χ4v) is 9.69. The Morgan fingerprint density at radius 1 is 1.17 bits per heavy atom. The van der Waals surface area contributed by atoms with Gasteiger partial charge in [-0.05, 0) is 82.7 Å². The largest absolute Gasteiger partial charge is 0.461 e. The van der Waals surface area contributed by atoms with Crippen LogP contribution in [0.25, 0.3) is 32.1 Å². The summed E-state index contributed by atoms with van der Waals surface area (Å²) in [7, 11) is 3.28. The first kappa shape index (κ1) is 40.3. The fraction of sp³-hybridized carbons (Fsp3) is 0.415. The number of nitriles is 1. The van der Waals surface area contributed by atoms with E-state index in [0.29, 0.717) is 50.1 Å². The van der Waals surface area contributed by atoms with Crippen LogP contribution in [0.4, 0.5) is 33.6 Å². The molecule has 6 heterocycles. The minimum absolute atomic E-state index is 0.000345. The van der Waals surface area contributed by atoms with Gasteiger partial charge in [0.25, 0.3) is 0 Å². The van der Waals surface area contributed by atoms with E-state index in [4.69, 9.17) is 26.1 Å². The number of thiophene rings is 1. The second-order valence-corrected chi connectivity index (χ2v) is 17.8. The van der Waals surface area contributed by atoms with Crippen molar-refractivity contribution in [2.24, 2.45) is 0 Å². The Labute approximate surface area is 346 Å². The summed E-state index contributed by atoms with van der Waals surface area (Å²) >= 11 is 7.82. The Bertz CT molecular complexity index is 2620. The predicted molar refractivity (Wildman–Crippen MR) is 219 cm³/mol. The molecule has 308 valence electrons. The number of rotatable bonds is 6. The third-order valence-corrected chi connectivity index (χ3v) is 12.3. The van der Waals surface area contributed by atoms with Crippen LogP contribution in [-0.2, 0) is 17.7 Å². The molecule has 13 nitrogen and oxygen atoms in total. The number of aromatic nitrogens is 4. The molecule has 0 bridgehead atoms. The molecule has 2 amide bonds. The van der Waals surface area contributed by atoms with Gasteiger partial charge in [0.15, 0.2) is 5.82 Å². The van der Waals surface area contributed by atoms with Crippen molar-refractivity contribution in [3.8, 4) is 23.2 Å². The Morgan fingerprint density at radius 3 is 2.69 bits per heavy atom. The van der Waals surface area contributed by atoms with E-state index in [0.717, 1.165) is 48.0 Å². The summed E-state index contributed by atoms with van der Waals surface area (Å²) in [5.74, 6) is -1.22. The first-order valence-electron chi connectivity index (χ1n) is 19.1. The lowest BCUT2D eigenvalue weighted by molar-refractivity contribution is 0.0636. The van der Waals surface area contributed by atoms with Gasteiger partial charge in [0.1, 0.15) is 40.4 Å². The number of halogens is 4. The molecule has 1 N–H and O–H groups in total. The van der Waals surface area contributed by atoms with Gasteiger partial charge >= 0.3 is 18.1 Å². The average Bonchev–Trinajstić information content (AvgIpc) is 3.92. The third-order valence-electron chi connectivity index (χ3n) is 10.9. The summed E-state index contributed by atoms with van der Waals surface area (Å²) in [6.07, 6.45) is 4.88. The van der Waals surface area contributed by atoms with E-state index in [2.05, 4.69) is 26.4 Å². The number of anilines is 2. The highest BCUT2D eigenvalue weighted by Gasteiger charge is 2.47. The number of carbonyl (C=O) groups excluding carboxylic acids is 2. The molecular formula is C41H41ClF3N9O4S. The molecule has 3 aliphatic rings. The zero-order chi connectivity index (χ0) is 42.0. The van der Waals surface area contributed by atoms with Crippen LogP contribution in [0, 0.1) is 23.0 Å². The second kappa shape index (κ2) is 15.3. The summed E-state index contributed by atoms with van der Waals surface area (Å²) in [6.45, 7) is 7.22. The van der Waals surface area contributed by atoms with Gasteiger partial charge in [-0.25, -0.2) is 22.8 Å². The van der Waals surface area contributed by atoms with E-state index in [1.807, 2.05) is 4.90 Å². The van der Waals surface area contributed by atoms with Crippen LogP contribution in [-0.4, -0.2) is 93.1 Å². The Kier molecular flexibility index (Phi) is 10.5. The number of ether oxygens (including phenoxy) is 2. The molecule has 0 spiro atoms. The van der Waals surface area contributed by atoms with E-state index in [1.54, 1.807) is 47.1 Å². The summed E-state index contributed by atoms with van der Waals surface area (Å²) in [4.78, 5) is 40.6. The third kappa shape index (κ3) is 7.42. The van der Waals surface area contributed by atoms with Crippen molar-refractivity contribution in [1.29, 1.82) is 5.26 Å². The Morgan fingerprint density at radius 2 is 1.97 bits per heavy atom. The molecule has 1 unspecified atom stereocenters. The fourth-order valence-electron chi connectivity index (χ4n) is 8.33. The van der Waals surface area contributed by atoms with Crippen LogP contribution >= 0.6 is 22.9 Å². The van der Waals surface area contributed by atoms with Gasteiger partial charge in [-0.1, -0.05) is 17.7 Å². The molecule has 0 aliphatic carbocycles. The van der Waals surface area contributed by atoms with Crippen LogP contribution in [0.3, 0.4) is 0 Å². The standard InChI is InChI=1S/C41H41ClF3N9O4S/c1-40(2,3)58-38(55)49-36-26(17-46)30-24(9-10-28(44)34(30)59-36)31-27(42)14-25-33(32(31)45)47-37(57-21-41-11-7-13-53(41)18-22(15-41)16-43)48-35(25)52-12-6-8-29-23(19-52)20-54(50-29)39(56)51(4)5/h9-10,14,16,20H,6-8,11-13,15,18-19,21H2,1-5H3,(H,49,55)/b22-16-. The van der Waals surface area contributed by atoms with Crippen molar-refractivity contribution >= 4 is 66.9 Å². The molecule has 5 aromatic rings. The van der Waals surface area contributed by atoms with Crippen molar-refractivity contribution in [3.05, 3.63) is 69.8 Å². The maximum absolute atomic E-state index is 17.5. The SMILES string of the molecule is CN(C)C(=O)n1cc2c(n1)CCCN(c1nc(OCC34CCCN3C/C(=C\F)C4)nc3c(F)c(-c4ccc(F)c5sc(NC(=O)OC(C)(C)C)c(C#N)c45)c(Cl)cc13)C2. The first-order valence-corrected chi connectivity index (χ1v) is 20.3. The van der Waals surface area contributed by atoms with Crippen LogP contribution in [0.15, 0.2) is 36.3 Å². The number of benzene rings is 2. The van der Waals surface area contributed by atoms with Gasteiger partial charge in [0, 0.05) is 61.8 Å². The van der Waals surface area contributed by atoms with Crippen molar-refractivity contribution in [1.82, 2.24) is 29.5 Å². The summed E-state index contributed by atoms with van der Waals surface area (Å²) in [5, 5.41) is 17.7. The van der Waals surface area contributed by atoms with E-state index < -0.39 is 28.9 Å². The van der Waals surface area contributed by atoms with E-state index in [1.165, 1.54) is 15.6 Å². The van der Waals surface area contributed by atoms with Gasteiger partial charge in [0.05, 0.1) is 32.8 Å². The molecule has 3 aliphatic heterocycles. The van der Waals surface area contributed by atoms with Gasteiger partial charge in [-0.3, -0.25) is 10.2 Å². The molecule has 18 heteroatoms. The molecule has 8 rings (SSSR count). The minimum atomic E-state index is -0.866. The van der Waals surface area contributed by atoms with E-state index in [9.17, 15) is 19.2 Å². The molecule has 2 saturated heterocycles. The average molecular weight is 848 g/mol. The topological polar surface area (TPSA) is 142 Å². The van der Waals surface area contributed by atoms with E-state index >= 15 is 8.78 Å². The molecule has 59 heavy (non-hydrogen) atoms. The second-order valence-electron chi connectivity index (χ2n) is 16.3. The van der Waals surface area contributed by atoms with Gasteiger partial charge < -0.3 is 19.3 Å². The predicted octanol–water partition coefficient (Wildman–Crippen LogP) is 8.81. The molecule has 1 atom stereocenters. The molecule has 3 aromatic heterocycles. The Balaban J connectivity index is 1.27. The number of nitrogens with zero attached hydrogens (tertiary/aromatic N) is 8. The smallest absolute Gasteiger partial charge is 0.412 e. The lowest BCUT2D eigenvalue weighted by Crippen LogP contribution is -2.43. The number of hydrogen-bond acceptors (Lipinski definition) is 11. The van der Waals surface area contributed by atoms with Crippen LogP contribution < -0.4 is 15.0 Å². The van der Waals surface area contributed by atoms with E-state index in [-0.39, 0.29) is 72.9 Å². The number of carbonyl (C=O) groups is 2. The van der Waals surface area contributed by atoms with Gasteiger partial charge in [-0.2, -0.15) is 25.0 Å². The molecular weight excluding hydrogens is 807 g/mol. The molecule has 0 saturated carbocycles. The van der Waals surface area contributed by atoms with Crippen molar-refractivity contribution in [3.63, 3.8) is 0 Å². The van der Waals surface area contributed by atoms with Crippen molar-refractivity contribution in [2.75, 3.05) is 50.6 Å². The maximum Gasteiger partial charge on any atom is 0.412 e. The quantitative estimate of drug-likeness (QED) is 0.176. The summed E-state index contributed by atoms with van der Waals surface area (Å²) in [6, 6.07) is 5.67. The molecule has 0 radical (unpaired) electrons. The monoisotopic (exact) mass is 847 g/mol. The highest BCUT2D eigenvalue weighted by Crippen LogP contribution is 2.47. The number of nitrogens with one attached hydrogen (secondary N) is 1. The lowest BCUT2D eigenvalue weighted by Gasteiger charge is -2.31. The van der Waals surface area contributed by atoms with Gasteiger partial charge in [-0.15, -0.1) is 11.3 Å². The number of amides is 2. The highest BCUT2D eigenvalue weighted by atomic mass is 35.5. The maximum atomic E-state index is 17.5. The molecule has 2 aromatic carbocycles. The zero-order valence-corrected chi connectivity index (χ0v) is 34.7. The number of hydrogen-bond donors (Lipinski definition) is 1. The van der Waals surface area contributed by atoms with Crippen LogP contribution in [0.2, 0.25) is 5.02 Å². The first-order chi connectivity index (χ1) is 28.1. The number of aryl methyl sites for hydroxylation is 1. The van der Waals surface area contributed by atoms with Crippen molar-refractivity contribution in [2.45, 2.75) is 70.6 Å². The zero-order valence-electron chi connectivity index (χ0n) is 33.1. The Hall–Kier alpha value is -5.44. The van der Waals surface area contributed by atoms with Gasteiger partial charge in [0.2, 0.25) is 0 Å². The lowest BCUT2D eigenvalue weighted by atomic mass is 9.94. The minimum Gasteiger partial charge on any atom is -0.461 e. The highest BCUT2D eigenvalue weighted by molar-refractivity contribution is 7.23. The normalized spacial score (nSPS) is 18.8. The number of fused-ring (bicyclic) bond motifs is 4. The summed E-state index contributed by atoms with van der Waals surface area (Å²) < 4.78 is 59.8.